The van der Waals surface area contributed by atoms with E-state index in [-0.39, 0.29) is 17.6 Å². The van der Waals surface area contributed by atoms with Gasteiger partial charge in [-0.05, 0) is 54.6 Å². The molecule has 0 saturated carbocycles. The van der Waals surface area contributed by atoms with Crippen LogP contribution in [0.5, 0.6) is 5.75 Å². The number of ether oxygens (including phenoxy) is 1. The SMILES string of the molecule is COc1ccc(SCCC(=O)Nc2cccc(NC(=O)c3ccco3)c2)cc1. The normalized spacial score (nSPS) is 10.3. The van der Waals surface area contributed by atoms with Crippen LogP contribution in [0, 0.1) is 0 Å². The molecule has 0 fully saturated rings. The van der Waals surface area contributed by atoms with Crippen LogP contribution in [-0.4, -0.2) is 24.7 Å². The highest BCUT2D eigenvalue weighted by Crippen LogP contribution is 2.22. The largest absolute Gasteiger partial charge is 0.497 e. The maximum atomic E-state index is 12.2. The van der Waals surface area contributed by atoms with Gasteiger partial charge in [0.05, 0.1) is 13.4 Å². The minimum absolute atomic E-state index is 0.0875. The minimum Gasteiger partial charge on any atom is -0.497 e. The molecule has 3 aromatic rings. The van der Waals surface area contributed by atoms with Crippen molar-refractivity contribution in [3.8, 4) is 5.75 Å². The molecule has 0 radical (unpaired) electrons. The number of furan rings is 1. The van der Waals surface area contributed by atoms with Gasteiger partial charge in [-0.1, -0.05) is 6.07 Å². The molecule has 3 rings (SSSR count). The van der Waals surface area contributed by atoms with Gasteiger partial charge in [-0.15, -0.1) is 11.8 Å². The highest BCUT2D eigenvalue weighted by atomic mass is 32.2. The van der Waals surface area contributed by atoms with Gasteiger partial charge < -0.3 is 19.8 Å². The number of nitrogens with one attached hydrogen (secondary N) is 2. The van der Waals surface area contributed by atoms with E-state index in [1.54, 1.807) is 55.3 Å². The van der Waals surface area contributed by atoms with Crippen molar-refractivity contribution in [3.05, 3.63) is 72.7 Å². The third-order valence-electron chi connectivity index (χ3n) is 3.81. The molecular formula is C21H20N2O4S. The molecule has 0 atom stereocenters. The van der Waals surface area contributed by atoms with Gasteiger partial charge in [0.2, 0.25) is 5.91 Å². The Morgan fingerprint density at radius 3 is 2.43 bits per heavy atom. The van der Waals surface area contributed by atoms with E-state index in [1.165, 1.54) is 6.26 Å². The lowest BCUT2D eigenvalue weighted by Crippen LogP contribution is -2.13. The summed E-state index contributed by atoms with van der Waals surface area (Å²) in [5.41, 5.74) is 1.20. The van der Waals surface area contributed by atoms with Crippen molar-refractivity contribution in [2.24, 2.45) is 0 Å². The van der Waals surface area contributed by atoms with E-state index < -0.39 is 0 Å². The summed E-state index contributed by atoms with van der Waals surface area (Å²) in [5, 5.41) is 5.58. The van der Waals surface area contributed by atoms with Crippen molar-refractivity contribution in [2.75, 3.05) is 23.5 Å². The third kappa shape index (κ3) is 5.65. The Morgan fingerprint density at radius 1 is 1.00 bits per heavy atom. The molecule has 0 unspecified atom stereocenters. The standard InChI is InChI=1S/C21H20N2O4S/c1-26-17-7-9-18(10-8-17)28-13-11-20(24)22-15-4-2-5-16(14-15)23-21(25)19-6-3-12-27-19/h2-10,12,14H,11,13H2,1H3,(H,22,24)(H,23,25). The summed E-state index contributed by atoms with van der Waals surface area (Å²) in [5.74, 6) is 1.26. The average molecular weight is 396 g/mol. The fraction of sp³-hybridized carbons (Fsp3) is 0.143. The summed E-state index contributed by atoms with van der Waals surface area (Å²) in [6.07, 6.45) is 1.81. The first kappa shape index (κ1) is 19.6. The number of rotatable bonds is 8. The zero-order valence-electron chi connectivity index (χ0n) is 15.3. The smallest absolute Gasteiger partial charge is 0.291 e. The summed E-state index contributed by atoms with van der Waals surface area (Å²) < 4.78 is 10.2. The van der Waals surface area contributed by atoms with Crippen molar-refractivity contribution in [1.29, 1.82) is 0 Å². The zero-order valence-corrected chi connectivity index (χ0v) is 16.1. The zero-order chi connectivity index (χ0) is 19.8. The molecule has 0 bridgehead atoms. The number of methoxy groups -OCH3 is 1. The Kier molecular flexibility index (Phi) is 6.75. The molecule has 2 amide bonds. The lowest BCUT2D eigenvalue weighted by molar-refractivity contribution is -0.115. The molecule has 0 aliphatic carbocycles. The van der Waals surface area contributed by atoms with E-state index >= 15 is 0 Å². The highest BCUT2D eigenvalue weighted by molar-refractivity contribution is 7.99. The van der Waals surface area contributed by atoms with Gasteiger partial charge in [0.1, 0.15) is 5.75 Å². The number of carbonyl (C=O) groups is 2. The molecule has 2 N–H and O–H groups in total. The predicted octanol–water partition coefficient (Wildman–Crippen LogP) is 4.66. The van der Waals surface area contributed by atoms with Crippen molar-refractivity contribution in [3.63, 3.8) is 0 Å². The molecule has 144 valence electrons. The maximum absolute atomic E-state index is 12.2. The van der Waals surface area contributed by atoms with E-state index in [2.05, 4.69) is 10.6 Å². The van der Waals surface area contributed by atoms with E-state index in [0.29, 0.717) is 23.5 Å². The second-order valence-electron chi connectivity index (χ2n) is 5.83. The van der Waals surface area contributed by atoms with E-state index in [1.807, 2.05) is 24.3 Å². The average Bonchev–Trinajstić information content (AvgIpc) is 3.24. The Morgan fingerprint density at radius 2 is 1.75 bits per heavy atom. The van der Waals surface area contributed by atoms with Gasteiger partial charge in [-0.3, -0.25) is 9.59 Å². The van der Waals surface area contributed by atoms with Crippen LogP contribution in [-0.2, 0) is 4.79 Å². The number of benzene rings is 2. The van der Waals surface area contributed by atoms with E-state index in [9.17, 15) is 9.59 Å². The first-order valence-electron chi connectivity index (χ1n) is 8.65. The van der Waals surface area contributed by atoms with Crippen LogP contribution < -0.4 is 15.4 Å². The van der Waals surface area contributed by atoms with Crippen LogP contribution in [0.2, 0.25) is 0 Å². The molecule has 1 aromatic heterocycles. The topological polar surface area (TPSA) is 80.6 Å². The predicted molar refractivity (Wildman–Crippen MR) is 110 cm³/mol. The fourth-order valence-corrected chi connectivity index (χ4v) is 3.28. The Labute approximate surface area is 167 Å². The van der Waals surface area contributed by atoms with Crippen molar-refractivity contribution in [1.82, 2.24) is 0 Å². The van der Waals surface area contributed by atoms with Crippen molar-refractivity contribution >= 4 is 35.0 Å². The molecule has 6 nitrogen and oxygen atoms in total. The second kappa shape index (κ2) is 9.66. The van der Waals surface area contributed by atoms with E-state index in [4.69, 9.17) is 9.15 Å². The van der Waals surface area contributed by atoms with Crippen molar-refractivity contribution < 1.29 is 18.7 Å². The van der Waals surface area contributed by atoms with Crippen LogP contribution >= 0.6 is 11.8 Å². The second-order valence-corrected chi connectivity index (χ2v) is 7.00. The molecule has 0 aliphatic rings. The number of anilines is 2. The molecule has 0 spiro atoms. The first-order chi connectivity index (χ1) is 13.6. The summed E-state index contributed by atoms with van der Waals surface area (Å²) in [6, 6.07) is 17.9. The molecule has 2 aromatic carbocycles. The molecule has 0 aliphatic heterocycles. The number of amides is 2. The molecule has 7 heteroatoms. The molecular weight excluding hydrogens is 376 g/mol. The first-order valence-corrected chi connectivity index (χ1v) is 9.64. The van der Waals surface area contributed by atoms with Crippen molar-refractivity contribution in [2.45, 2.75) is 11.3 Å². The lowest BCUT2D eigenvalue weighted by atomic mass is 10.2. The maximum Gasteiger partial charge on any atom is 0.291 e. The quantitative estimate of drug-likeness (QED) is 0.541. The van der Waals surface area contributed by atoms with Gasteiger partial charge in [0, 0.05) is 28.4 Å². The number of thioether (sulfide) groups is 1. The summed E-state index contributed by atoms with van der Waals surface area (Å²) in [6.45, 7) is 0. The Hall–Kier alpha value is -3.19. The molecule has 0 saturated heterocycles. The summed E-state index contributed by atoms with van der Waals surface area (Å²) >= 11 is 1.60. The third-order valence-corrected chi connectivity index (χ3v) is 4.82. The monoisotopic (exact) mass is 396 g/mol. The summed E-state index contributed by atoms with van der Waals surface area (Å²) in [4.78, 5) is 25.3. The molecule has 28 heavy (non-hydrogen) atoms. The van der Waals surface area contributed by atoms with Gasteiger partial charge in [-0.2, -0.15) is 0 Å². The summed E-state index contributed by atoms with van der Waals surface area (Å²) in [7, 11) is 1.63. The van der Waals surface area contributed by atoms with Crippen LogP contribution in [0.4, 0.5) is 11.4 Å². The minimum atomic E-state index is -0.343. The highest BCUT2D eigenvalue weighted by Gasteiger charge is 2.09. The van der Waals surface area contributed by atoms with Gasteiger partial charge in [0.15, 0.2) is 5.76 Å². The van der Waals surface area contributed by atoms with Gasteiger partial charge in [-0.25, -0.2) is 0 Å². The van der Waals surface area contributed by atoms with Crippen LogP contribution in [0.1, 0.15) is 17.0 Å². The number of hydrogen-bond donors (Lipinski definition) is 2. The lowest BCUT2D eigenvalue weighted by Gasteiger charge is -2.08. The van der Waals surface area contributed by atoms with Crippen LogP contribution in [0.3, 0.4) is 0 Å². The van der Waals surface area contributed by atoms with Gasteiger partial charge >= 0.3 is 0 Å². The Balaban J connectivity index is 1.47. The van der Waals surface area contributed by atoms with Gasteiger partial charge in [0.25, 0.3) is 5.91 Å². The number of hydrogen-bond acceptors (Lipinski definition) is 5. The molecule has 1 heterocycles. The Bertz CT molecular complexity index is 924. The van der Waals surface area contributed by atoms with E-state index in [0.717, 1.165) is 10.6 Å². The number of carbonyl (C=O) groups excluding carboxylic acids is 2. The fourth-order valence-electron chi connectivity index (χ4n) is 2.43. The van der Waals surface area contributed by atoms with Crippen LogP contribution in [0.25, 0.3) is 0 Å². The van der Waals surface area contributed by atoms with Crippen LogP contribution in [0.15, 0.2) is 76.2 Å².